The fourth-order valence-electron chi connectivity index (χ4n) is 4.54. The zero-order valence-corrected chi connectivity index (χ0v) is 22.4. The van der Waals surface area contributed by atoms with Crippen molar-refractivity contribution < 1.29 is 33.0 Å². The Labute approximate surface area is 239 Å². The number of amides is 1. The smallest absolute Gasteiger partial charge is 0.351 e. The number of hydrogen-bond acceptors (Lipinski definition) is 8. The van der Waals surface area contributed by atoms with Crippen LogP contribution in [-0.2, 0) is 14.2 Å². The standard InChI is InChI=1S/C31H26FN3O7/c1-31(32)25(42-28(38)22-15-9-4-10-16-22)23(19-40-27(37)21-13-7-3-8-14-21)41-29(31)35-18-17-24(34-30(35)39)33-26(36)20-11-5-2-6-12-20/h2-18,23,25,29H,19H2,1H3,(H,33,34,36,39)/t23-,25+,29+,31?/m1/s1. The largest absolute Gasteiger partial charge is 0.459 e. The summed E-state index contributed by atoms with van der Waals surface area (Å²) in [5.74, 6) is -2.05. The van der Waals surface area contributed by atoms with Crippen LogP contribution in [0, 0.1) is 0 Å². The van der Waals surface area contributed by atoms with E-state index in [4.69, 9.17) is 14.2 Å². The summed E-state index contributed by atoms with van der Waals surface area (Å²) in [5.41, 5.74) is -2.59. The number of aromatic nitrogens is 2. The molecule has 0 bridgehead atoms. The summed E-state index contributed by atoms with van der Waals surface area (Å²) >= 11 is 0. The molecule has 1 N–H and O–H groups in total. The first kappa shape index (κ1) is 28.4. The average Bonchev–Trinajstić information content (AvgIpc) is 3.25. The molecule has 11 heteroatoms. The van der Waals surface area contributed by atoms with Crippen LogP contribution in [0.4, 0.5) is 10.2 Å². The summed E-state index contributed by atoms with van der Waals surface area (Å²) in [6.45, 7) is 0.654. The maximum absolute atomic E-state index is 16.5. The lowest BCUT2D eigenvalue weighted by molar-refractivity contribution is -0.0648. The molecule has 1 aliphatic heterocycles. The third kappa shape index (κ3) is 6.11. The third-order valence-corrected chi connectivity index (χ3v) is 6.67. The number of rotatable bonds is 8. The minimum Gasteiger partial charge on any atom is -0.459 e. The van der Waals surface area contributed by atoms with Crippen molar-refractivity contribution in [1.29, 1.82) is 0 Å². The van der Waals surface area contributed by atoms with E-state index in [-0.39, 0.29) is 16.9 Å². The van der Waals surface area contributed by atoms with Crippen molar-refractivity contribution in [2.24, 2.45) is 0 Å². The molecule has 214 valence electrons. The van der Waals surface area contributed by atoms with E-state index in [1.54, 1.807) is 78.9 Å². The molecule has 3 aromatic carbocycles. The zero-order chi connectivity index (χ0) is 29.7. The van der Waals surface area contributed by atoms with Crippen molar-refractivity contribution in [3.63, 3.8) is 0 Å². The van der Waals surface area contributed by atoms with Gasteiger partial charge in [0.25, 0.3) is 5.91 Å². The number of carbonyl (C=O) groups is 3. The molecule has 5 rings (SSSR count). The van der Waals surface area contributed by atoms with Gasteiger partial charge in [-0.15, -0.1) is 0 Å². The molecule has 42 heavy (non-hydrogen) atoms. The number of esters is 2. The lowest BCUT2D eigenvalue weighted by Gasteiger charge is -2.27. The Kier molecular flexibility index (Phi) is 8.21. The van der Waals surface area contributed by atoms with Crippen molar-refractivity contribution in [3.8, 4) is 0 Å². The average molecular weight is 572 g/mol. The molecule has 1 amide bonds. The lowest BCUT2D eigenvalue weighted by Crippen LogP contribution is -2.45. The van der Waals surface area contributed by atoms with Gasteiger partial charge in [-0.2, -0.15) is 4.98 Å². The highest BCUT2D eigenvalue weighted by atomic mass is 19.1. The Hall–Kier alpha value is -5.16. The van der Waals surface area contributed by atoms with Crippen molar-refractivity contribution in [2.75, 3.05) is 11.9 Å². The summed E-state index contributed by atoms with van der Waals surface area (Å²) in [4.78, 5) is 54.8. The van der Waals surface area contributed by atoms with Gasteiger partial charge in [-0.3, -0.25) is 9.36 Å². The van der Waals surface area contributed by atoms with E-state index in [0.29, 0.717) is 5.56 Å². The molecule has 1 fully saturated rings. The van der Waals surface area contributed by atoms with Crippen molar-refractivity contribution in [1.82, 2.24) is 9.55 Å². The minimum absolute atomic E-state index is 0.0518. The Bertz CT molecular complexity index is 1630. The maximum Gasteiger partial charge on any atom is 0.351 e. The lowest BCUT2D eigenvalue weighted by atomic mass is 9.98. The molecule has 1 aromatic heterocycles. The fourth-order valence-corrected chi connectivity index (χ4v) is 4.54. The number of alkyl halides is 1. The van der Waals surface area contributed by atoms with Crippen LogP contribution in [0.2, 0.25) is 0 Å². The van der Waals surface area contributed by atoms with E-state index >= 15 is 4.39 Å². The highest BCUT2D eigenvalue weighted by molar-refractivity contribution is 6.03. The number of halogens is 1. The van der Waals surface area contributed by atoms with Gasteiger partial charge in [0.2, 0.25) is 0 Å². The first-order valence-corrected chi connectivity index (χ1v) is 13.0. The predicted octanol–water partition coefficient (Wildman–Crippen LogP) is 4.20. The molecular weight excluding hydrogens is 545 g/mol. The van der Waals surface area contributed by atoms with Gasteiger partial charge in [-0.05, 0) is 49.4 Å². The van der Waals surface area contributed by atoms with Gasteiger partial charge < -0.3 is 19.5 Å². The summed E-state index contributed by atoms with van der Waals surface area (Å²) in [5, 5.41) is 2.52. The second kappa shape index (κ2) is 12.1. The van der Waals surface area contributed by atoms with E-state index < -0.39 is 54.2 Å². The molecule has 0 aliphatic carbocycles. The monoisotopic (exact) mass is 571 g/mol. The van der Waals surface area contributed by atoms with E-state index in [1.807, 2.05) is 0 Å². The minimum atomic E-state index is -2.46. The molecule has 2 heterocycles. The SMILES string of the molecule is CC1(F)[C@@H](n2ccc(NC(=O)c3ccccc3)nc2=O)O[C@H](COC(=O)c2ccccc2)[C@@H]1OC(=O)c1ccccc1. The zero-order valence-electron chi connectivity index (χ0n) is 22.4. The fraction of sp³-hybridized carbons (Fsp3) is 0.194. The molecule has 1 aliphatic rings. The number of benzene rings is 3. The van der Waals surface area contributed by atoms with Crippen LogP contribution in [0.3, 0.4) is 0 Å². The van der Waals surface area contributed by atoms with Crippen molar-refractivity contribution in [3.05, 3.63) is 130 Å². The van der Waals surface area contributed by atoms with Crippen molar-refractivity contribution in [2.45, 2.75) is 31.0 Å². The molecule has 0 radical (unpaired) electrons. The molecule has 4 atom stereocenters. The molecule has 0 saturated carbocycles. The number of anilines is 1. The van der Waals surface area contributed by atoms with Crippen LogP contribution in [0.5, 0.6) is 0 Å². The van der Waals surface area contributed by atoms with E-state index in [2.05, 4.69) is 10.3 Å². The van der Waals surface area contributed by atoms with E-state index in [1.165, 1.54) is 24.4 Å². The highest BCUT2D eigenvalue weighted by Crippen LogP contribution is 2.43. The van der Waals surface area contributed by atoms with Gasteiger partial charge in [-0.25, -0.2) is 18.8 Å². The van der Waals surface area contributed by atoms with Gasteiger partial charge in [0.05, 0.1) is 11.1 Å². The van der Waals surface area contributed by atoms with Crippen LogP contribution in [0.1, 0.15) is 44.2 Å². The molecular formula is C31H26FN3O7. The van der Waals surface area contributed by atoms with E-state index in [0.717, 1.165) is 11.5 Å². The highest BCUT2D eigenvalue weighted by Gasteiger charge is 2.58. The Balaban J connectivity index is 1.39. The molecule has 1 saturated heterocycles. The molecule has 0 spiro atoms. The van der Waals surface area contributed by atoms with Crippen LogP contribution < -0.4 is 11.0 Å². The van der Waals surface area contributed by atoms with Gasteiger partial charge in [0.15, 0.2) is 18.0 Å². The maximum atomic E-state index is 16.5. The van der Waals surface area contributed by atoms with Gasteiger partial charge >= 0.3 is 17.6 Å². The predicted molar refractivity (Wildman–Crippen MR) is 149 cm³/mol. The third-order valence-electron chi connectivity index (χ3n) is 6.67. The normalized spacial score (nSPS) is 21.3. The number of nitrogens with one attached hydrogen (secondary N) is 1. The van der Waals surface area contributed by atoms with Crippen LogP contribution in [0.15, 0.2) is 108 Å². The number of hydrogen-bond donors (Lipinski definition) is 1. The Morgan fingerprint density at radius 3 is 2.00 bits per heavy atom. The van der Waals surface area contributed by atoms with Gasteiger partial charge in [0, 0.05) is 11.8 Å². The van der Waals surface area contributed by atoms with Gasteiger partial charge in [-0.1, -0.05) is 54.6 Å². The first-order valence-electron chi connectivity index (χ1n) is 13.0. The first-order chi connectivity index (χ1) is 20.2. The Morgan fingerprint density at radius 1 is 0.881 bits per heavy atom. The summed E-state index contributed by atoms with van der Waals surface area (Å²) in [6, 6.07) is 25.8. The quantitative estimate of drug-likeness (QED) is 0.312. The summed E-state index contributed by atoms with van der Waals surface area (Å²) in [6.07, 6.45) is -3.23. The summed E-state index contributed by atoms with van der Waals surface area (Å²) < 4.78 is 34.2. The Morgan fingerprint density at radius 2 is 1.43 bits per heavy atom. The van der Waals surface area contributed by atoms with Gasteiger partial charge in [0.1, 0.15) is 18.5 Å². The number of carbonyl (C=O) groups excluding carboxylic acids is 3. The van der Waals surface area contributed by atoms with Crippen LogP contribution >= 0.6 is 0 Å². The molecule has 10 nitrogen and oxygen atoms in total. The summed E-state index contributed by atoms with van der Waals surface area (Å²) in [7, 11) is 0. The number of nitrogens with zero attached hydrogens (tertiary/aromatic N) is 2. The molecule has 1 unspecified atom stereocenters. The topological polar surface area (TPSA) is 126 Å². The molecule has 4 aromatic rings. The van der Waals surface area contributed by atoms with Crippen molar-refractivity contribution >= 4 is 23.7 Å². The van der Waals surface area contributed by atoms with Crippen LogP contribution in [-0.4, -0.2) is 51.9 Å². The second-order valence-electron chi connectivity index (χ2n) is 9.66. The second-order valence-corrected chi connectivity index (χ2v) is 9.66. The number of ether oxygens (including phenoxy) is 3. The van der Waals surface area contributed by atoms with E-state index in [9.17, 15) is 19.2 Å². The van der Waals surface area contributed by atoms with Crippen LogP contribution in [0.25, 0.3) is 0 Å².